The summed E-state index contributed by atoms with van der Waals surface area (Å²) in [7, 11) is 0. The Balaban J connectivity index is 1.96. The van der Waals surface area contributed by atoms with Gasteiger partial charge in [-0.15, -0.1) is 0 Å². The number of hydrogen-bond donors (Lipinski definition) is 0. The van der Waals surface area contributed by atoms with Crippen LogP contribution in [0, 0.1) is 5.82 Å². The monoisotopic (exact) mass is 301 g/mol. The molecule has 0 aliphatic carbocycles. The number of rotatable bonds is 2. The molecule has 1 aromatic heterocycles. The van der Waals surface area contributed by atoms with Gasteiger partial charge in [-0.1, -0.05) is 0 Å². The summed E-state index contributed by atoms with van der Waals surface area (Å²) in [5.74, 6) is 0.0517. The molecule has 0 spiro atoms. The Hall–Kier alpha value is -2.30. The molecule has 5 heteroatoms. The van der Waals surface area contributed by atoms with Gasteiger partial charge in [0.05, 0.1) is 17.9 Å². The Morgan fingerprint density at radius 2 is 2.32 bits per heavy atom. The zero-order valence-corrected chi connectivity index (χ0v) is 12.3. The number of benzene rings is 1. The first-order chi connectivity index (χ1) is 10.7. The highest BCUT2D eigenvalue weighted by molar-refractivity contribution is 5.96. The summed E-state index contributed by atoms with van der Waals surface area (Å²) in [5.41, 5.74) is 4.07. The maximum absolute atomic E-state index is 13.7. The molecule has 114 valence electrons. The lowest BCUT2D eigenvalue weighted by Gasteiger charge is -2.20. The highest BCUT2D eigenvalue weighted by Gasteiger charge is 2.34. The highest BCUT2D eigenvalue weighted by Crippen LogP contribution is 2.44. The lowest BCUT2D eigenvalue weighted by atomic mass is 10.00. The van der Waals surface area contributed by atoms with Crippen molar-refractivity contribution in [3.8, 4) is 17.0 Å². The summed E-state index contributed by atoms with van der Waals surface area (Å²) in [6.45, 7) is 3.29. The van der Waals surface area contributed by atoms with Gasteiger partial charge in [-0.2, -0.15) is 0 Å². The van der Waals surface area contributed by atoms with Crippen molar-refractivity contribution in [3.63, 3.8) is 0 Å². The topological polar surface area (TPSA) is 40.5 Å². The summed E-state index contributed by atoms with van der Waals surface area (Å²) >= 11 is 0. The Morgan fingerprint density at radius 1 is 1.45 bits per heavy atom. The lowest BCUT2D eigenvalue weighted by Crippen LogP contribution is -2.12. The largest absolute Gasteiger partial charge is 0.488 e. The van der Waals surface area contributed by atoms with E-state index in [0.29, 0.717) is 24.5 Å². The minimum atomic E-state index is -0.308. The van der Waals surface area contributed by atoms with E-state index >= 15 is 0 Å². The normalized spacial score (nSPS) is 14.8. The Labute approximate surface area is 127 Å². The summed E-state index contributed by atoms with van der Waals surface area (Å²) in [6, 6.07) is 4.52. The van der Waals surface area contributed by atoms with E-state index in [4.69, 9.17) is 9.47 Å². The fourth-order valence-electron chi connectivity index (χ4n) is 3.49. The molecule has 0 saturated heterocycles. The molecule has 0 unspecified atom stereocenters. The molecule has 1 aromatic carbocycles. The van der Waals surface area contributed by atoms with Gasteiger partial charge in [0.25, 0.3) is 0 Å². The molecule has 0 saturated carbocycles. The van der Waals surface area contributed by atoms with E-state index in [-0.39, 0.29) is 11.8 Å². The summed E-state index contributed by atoms with van der Waals surface area (Å²) in [5, 5.41) is 0. The Kier molecular flexibility index (Phi) is 2.96. The van der Waals surface area contributed by atoms with Crippen molar-refractivity contribution in [1.82, 2.24) is 4.57 Å². The number of nitrogens with zero attached hydrogens (tertiary/aromatic N) is 1. The van der Waals surface area contributed by atoms with E-state index in [0.717, 1.165) is 41.9 Å². The summed E-state index contributed by atoms with van der Waals surface area (Å²) in [6.07, 6.45) is 1.83. The maximum atomic E-state index is 13.7. The Bertz CT molecular complexity index is 779. The third-order valence-electron chi connectivity index (χ3n) is 4.32. The lowest BCUT2D eigenvalue weighted by molar-refractivity contribution is 0.0522. The molecule has 0 atom stereocenters. The first-order valence-corrected chi connectivity index (χ1v) is 7.54. The minimum absolute atomic E-state index is 0.304. The van der Waals surface area contributed by atoms with Crippen LogP contribution < -0.4 is 4.74 Å². The van der Waals surface area contributed by atoms with E-state index in [2.05, 4.69) is 4.57 Å². The molecule has 22 heavy (non-hydrogen) atoms. The number of fused-ring (bicyclic) bond motifs is 5. The molecule has 2 aliphatic heterocycles. The maximum Gasteiger partial charge on any atom is 0.340 e. The van der Waals surface area contributed by atoms with E-state index in [9.17, 15) is 9.18 Å². The first-order valence-electron chi connectivity index (χ1n) is 7.54. The van der Waals surface area contributed by atoms with Gasteiger partial charge in [0, 0.05) is 23.4 Å². The standard InChI is InChI=1S/C17H16FNO3/c1-2-21-17(20)15-12-9-22-14-6-5-10(18)8-11(14)16(12)19-7-3-4-13(15)19/h5-6,8H,2-4,7,9H2,1H3. The van der Waals surface area contributed by atoms with Crippen LogP contribution in [0.25, 0.3) is 11.3 Å². The van der Waals surface area contributed by atoms with Gasteiger partial charge in [-0.25, -0.2) is 9.18 Å². The zero-order valence-electron chi connectivity index (χ0n) is 12.3. The fourth-order valence-corrected chi connectivity index (χ4v) is 3.49. The fraction of sp³-hybridized carbons (Fsp3) is 0.353. The molecule has 0 radical (unpaired) electrons. The van der Waals surface area contributed by atoms with Crippen LogP contribution in [0.1, 0.15) is 35.0 Å². The Morgan fingerprint density at radius 3 is 3.14 bits per heavy atom. The van der Waals surface area contributed by atoms with E-state index < -0.39 is 0 Å². The third kappa shape index (κ3) is 1.78. The first kappa shape index (κ1) is 13.4. The van der Waals surface area contributed by atoms with Crippen LogP contribution in [0.3, 0.4) is 0 Å². The number of carbonyl (C=O) groups excluding carboxylic acids is 1. The van der Waals surface area contributed by atoms with Crippen LogP contribution in [0.2, 0.25) is 0 Å². The van der Waals surface area contributed by atoms with Gasteiger partial charge in [0.2, 0.25) is 0 Å². The van der Waals surface area contributed by atoms with Crippen molar-refractivity contribution in [1.29, 1.82) is 0 Å². The number of esters is 1. The van der Waals surface area contributed by atoms with Gasteiger partial charge in [-0.3, -0.25) is 0 Å². The number of halogens is 1. The number of aromatic nitrogens is 1. The summed E-state index contributed by atoms with van der Waals surface area (Å²) in [4.78, 5) is 12.4. The van der Waals surface area contributed by atoms with Crippen molar-refractivity contribution < 1.29 is 18.7 Å². The molecule has 0 amide bonds. The van der Waals surface area contributed by atoms with E-state index in [1.54, 1.807) is 13.0 Å². The molecule has 2 aliphatic rings. The second-order valence-electron chi connectivity index (χ2n) is 5.55. The minimum Gasteiger partial charge on any atom is -0.488 e. The predicted molar refractivity (Wildman–Crippen MR) is 78.4 cm³/mol. The second kappa shape index (κ2) is 4.87. The molecule has 4 nitrogen and oxygen atoms in total. The number of hydrogen-bond acceptors (Lipinski definition) is 3. The van der Waals surface area contributed by atoms with Crippen molar-refractivity contribution in [2.45, 2.75) is 32.9 Å². The van der Waals surface area contributed by atoms with Crippen LogP contribution >= 0.6 is 0 Å². The number of carbonyl (C=O) groups is 1. The molecule has 0 fully saturated rings. The second-order valence-corrected chi connectivity index (χ2v) is 5.55. The predicted octanol–water partition coefficient (Wildman–Crippen LogP) is 3.31. The molecule has 0 N–H and O–H groups in total. The molecular weight excluding hydrogens is 285 g/mol. The van der Waals surface area contributed by atoms with Gasteiger partial charge < -0.3 is 14.0 Å². The van der Waals surface area contributed by atoms with Gasteiger partial charge in [-0.05, 0) is 38.0 Å². The van der Waals surface area contributed by atoms with Gasteiger partial charge in [0.1, 0.15) is 18.2 Å². The van der Waals surface area contributed by atoms with Crippen molar-refractivity contribution in [2.24, 2.45) is 0 Å². The van der Waals surface area contributed by atoms with Crippen molar-refractivity contribution in [3.05, 3.63) is 40.8 Å². The van der Waals surface area contributed by atoms with E-state index in [1.165, 1.54) is 12.1 Å². The molecular formula is C17H16FNO3. The van der Waals surface area contributed by atoms with Crippen molar-refractivity contribution in [2.75, 3.05) is 6.61 Å². The average molecular weight is 301 g/mol. The van der Waals surface area contributed by atoms with Gasteiger partial charge >= 0.3 is 5.97 Å². The summed E-state index contributed by atoms with van der Waals surface area (Å²) < 4.78 is 26.7. The zero-order chi connectivity index (χ0) is 15.3. The average Bonchev–Trinajstić information content (AvgIpc) is 3.06. The van der Waals surface area contributed by atoms with Crippen LogP contribution in [-0.4, -0.2) is 17.1 Å². The molecule has 4 rings (SSSR count). The quantitative estimate of drug-likeness (QED) is 0.799. The molecule has 3 heterocycles. The molecule has 2 aromatic rings. The van der Waals surface area contributed by atoms with Crippen LogP contribution in [0.15, 0.2) is 18.2 Å². The highest BCUT2D eigenvalue weighted by atomic mass is 19.1. The van der Waals surface area contributed by atoms with Crippen molar-refractivity contribution >= 4 is 5.97 Å². The van der Waals surface area contributed by atoms with Crippen LogP contribution in [0.4, 0.5) is 4.39 Å². The van der Waals surface area contributed by atoms with E-state index in [1.807, 2.05) is 0 Å². The van der Waals surface area contributed by atoms with Crippen LogP contribution in [0.5, 0.6) is 5.75 Å². The van der Waals surface area contributed by atoms with Gasteiger partial charge in [0.15, 0.2) is 0 Å². The molecule has 0 bridgehead atoms. The SMILES string of the molecule is CCOC(=O)c1c2c(n3c1CCC3)-c1cc(F)ccc1OC2. The smallest absolute Gasteiger partial charge is 0.340 e. The van der Waals surface area contributed by atoms with Crippen LogP contribution in [-0.2, 0) is 24.3 Å². The number of ether oxygens (including phenoxy) is 2. The third-order valence-corrected chi connectivity index (χ3v) is 4.32.